The average Bonchev–Trinajstić information content (AvgIpc) is 2.68. The van der Waals surface area contributed by atoms with Crippen LogP contribution in [0.25, 0.3) is 0 Å². The van der Waals surface area contributed by atoms with Crippen molar-refractivity contribution in [3.8, 4) is 0 Å². The first kappa shape index (κ1) is 18.9. The standard InChI is InChI=1S/C22H22O2S2/c1-16-8-12-19(13-9-16)25-22(21(23)18-6-4-3-5-7-18)26(24)20-14-10-17(2)11-15-20/h3-15,21-23H,1-2H3. The molecule has 3 aromatic carbocycles. The first-order valence-electron chi connectivity index (χ1n) is 8.48. The van der Waals surface area contributed by atoms with Gasteiger partial charge in [0.1, 0.15) is 10.7 Å². The van der Waals surface area contributed by atoms with Gasteiger partial charge in [0, 0.05) is 9.79 Å². The molecule has 0 aliphatic carbocycles. The Morgan fingerprint density at radius 1 is 0.808 bits per heavy atom. The molecule has 0 heterocycles. The largest absolute Gasteiger partial charge is 0.386 e. The lowest BCUT2D eigenvalue weighted by Crippen LogP contribution is -2.21. The molecule has 0 aliphatic rings. The lowest BCUT2D eigenvalue weighted by molar-refractivity contribution is 0.195. The van der Waals surface area contributed by atoms with Crippen LogP contribution >= 0.6 is 11.8 Å². The molecule has 0 aromatic heterocycles. The molecule has 134 valence electrons. The topological polar surface area (TPSA) is 37.3 Å². The Balaban J connectivity index is 1.93. The van der Waals surface area contributed by atoms with Crippen molar-refractivity contribution in [2.24, 2.45) is 0 Å². The minimum absolute atomic E-state index is 0.497. The van der Waals surface area contributed by atoms with Gasteiger partial charge < -0.3 is 5.11 Å². The van der Waals surface area contributed by atoms with Crippen LogP contribution in [0.3, 0.4) is 0 Å². The van der Waals surface area contributed by atoms with Gasteiger partial charge in [-0.05, 0) is 43.7 Å². The van der Waals surface area contributed by atoms with E-state index < -0.39 is 21.5 Å². The highest BCUT2D eigenvalue weighted by Crippen LogP contribution is 2.36. The summed E-state index contributed by atoms with van der Waals surface area (Å²) in [6.07, 6.45) is -0.829. The van der Waals surface area contributed by atoms with E-state index in [1.54, 1.807) is 0 Å². The molecule has 3 atom stereocenters. The molecule has 0 spiro atoms. The predicted molar refractivity (Wildman–Crippen MR) is 110 cm³/mol. The molecule has 0 aliphatic heterocycles. The fourth-order valence-electron chi connectivity index (χ4n) is 2.59. The SMILES string of the molecule is Cc1ccc(SC(C(O)c2ccccc2)S(=O)c2ccc(C)cc2)cc1. The van der Waals surface area contributed by atoms with Crippen molar-refractivity contribution in [3.63, 3.8) is 0 Å². The molecule has 0 fully saturated rings. The molecule has 4 heteroatoms. The van der Waals surface area contributed by atoms with Crippen LogP contribution in [0.4, 0.5) is 0 Å². The molecular formula is C22H22O2S2. The summed E-state index contributed by atoms with van der Waals surface area (Å²) in [5.74, 6) is 0. The van der Waals surface area contributed by atoms with Crippen LogP contribution in [-0.4, -0.2) is 13.9 Å². The van der Waals surface area contributed by atoms with E-state index in [0.29, 0.717) is 0 Å². The van der Waals surface area contributed by atoms with Crippen LogP contribution in [0.15, 0.2) is 88.7 Å². The molecule has 26 heavy (non-hydrogen) atoms. The number of hydrogen-bond acceptors (Lipinski definition) is 3. The van der Waals surface area contributed by atoms with E-state index in [1.807, 2.05) is 92.7 Å². The van der Waals surface area contributed by atoms with Crippen molar-refractivity contribution in [2.75, 3.05) is 0 Å². The van der Waals surface area contributed by atoms with E-state index in [2.05, 4.69) is 0 Å². The van der Waals surface area contributed by atoms with E-state index in [4.69, 9.17) is 0 Å². The van der Waals surface area contributed by atoms with Crippen LogP contribution in [0.1, 0.15) is 22.8 Å². The number of aliphatic hydroxyl groups is 1. The average molecular weight is 383 g/mol. The van der Waals surface area contributed by atoms with E-state index in [0.717, 1.165) is 20.9 Å². The van der Waals surface area contributed by atoms with Crippen molar-refractivity contribution >= 4 is 22.6 Å². The van der Waals surface area contributed by atoms with Gasteiger partial charge >= 0.3 is 0 Å². The summed E-state index contributed by atoms with van der Waals surface area (Å²) in [6, 6.07) is 25.2. The molecular weight excluding hydrogens is 360 g/mol. The Bertz CT molecular complexity index is 859. The molecule has 3 unspecified atom stereocenters. The highest BCUT2D eigenvalue weighted by molar-refractivity contribution is 8.11. The molecule has 3 aromatic rings. The van der Waals surface area contributed by atoms with Crippen LogP contribution in [0.5, 0.6) is 0 Å². The third kappa shape index (κ3) is 4.64. The summed E-state index contributed by atoms with van der Waals surface area (Å²) in [5.41, 5.74) is 3.07. The van der Waals surface area contributed by atoms with Gasteiger partial charge in [-0.1, -0.05) is 65.7 Å². The number of thioether (sulfide) groups is 1. The second kappa shape index (κ2) is 8.67. The van der Waals surface area contributed by atoms with Crippen molar-refractivity contribution in [1.29, 1.82) is 0 Å². The zero-order valence-corrected chi connectivity index (χ0v) is 16.5. The minimum Gasteiger partial charge on any atom is -0.386 e. The first-order valence-corrected chi connectivity index (χ1v) is 10.6. The number of benzene rings is 3. The zero-order valence-electron chi connectivity index (χ0n) is 14.8. The summed E-state index contributed by atoms with van der Waals surface area (Å²) in [5, 5.41) is 11.0. The molecule has 1 N–H and O–H groups in total. The molecule has 0 saturated carbocycles. The van der Waals surface area contributed by atoms with Crippen molar-refractivity contribution in [2.45, 2.75) is 34.3 Å². The monoisotopic (exact) mass is 382 g/mol. The fourth-order valence-corrected chi connectivity index (χ4v) is 5.52. The van der Waals surface area contributed by atoms with Gasteiger partial charge in [0.2, 0.25) is 0 Å². The number of aryl methyl sites for hydroxylation is 2. The molecule has 0 radical (unpaired) electrons. The lowest BCUT2D eigenvalue weighted by Gasteiger charge is -2.22. The van der Waals surface area contributed by atoms with Gasteiger partial charge in [-0.25, -0.2) is 0 Å². The number of rotatable bonds is 6. The molecule has 0 saturated heterocycles. The Labute approximate surface area is 161 Å². The van der Waals surface area contributed by atoms with Gasteiger partial charge in [0.05, 0.1) is 10.8 Å². The highest BCUT2D eigenvalue weighted by atomic mass is 32.2. The third-order valence-corrected chi connectivity index (χ3v) is 7.40. The molecule has 2 nitrogen and oxygen atoms in total. The van der Waals surface area contributed by atoms with E-state index in [9.17, 15) is 9.32 Å². The van der Waals surface area contributed by atoms with Crippen LogP contribution in [0, 0.1) is 13.8 Å². The second-order valence-electron chi connectivity index (χ2n) is 6.27. The predicted octanol–water partition coefficient (Wildman–Crippen LogP) is 5.26. The van der Waals surface area contributed by atoms with Crippen LogP contribution in [-0.2, 0) is 10.8 Å². The Kier molecular flexibility index (Phi) is 6.30. The maximum absolute atomic E-state index is 13.3. The zero-order chi connectivity index (χ0) is 18.5. The Morgan fingerprint density at radius 2 is 1.35 bits per heavy atom. The fraction of sp³-hybridized carbons (Fsp3) is 0.182. The van der Waals surface area contributed by atoms with Crippen molar-refractivity contribution in [1.82, 2.24) is 0 Å². The van der Waals surface area contributed by atoms with Crippen molar-refractivity contribution < 1.29 is 9.32 Å². The lowest BCUT2D eigenvalue weighted by atomic mass is 10.1. The Hall–Kier alpha value is -1.88. The van der Waals surface area contributed by atoms with E-state index in [-0.39, 0.29) is 0 Å². The normalized spacial score (nSPS) is 14.6. The second-order valence-corrected chi connectivity index (χ2v) is 9.35. The van der Waals surface area contributed by atoms with Gasteiger partial charge in [0.15, 0.2) is 0 Å². The van der Waals surface area contributed by atoms with Gasteiger partial charge in [0.25, 0.3) is 0 Å². The summed E-state index contributed by atoms with van der Waals surface area (Å²) < 4.78 is 12.8. The quantitative estimate of drug-likeness (QED) is 0.591. The van der Waals surface area contributed by atoms with E-state index >= 15 is 0 Å². The Morgan fingerprint density at radius 3 is 1.92 bits per heavy atom. The molecule has 3 rings (SSSR count). The summed E-state index contributed by atoms with van der Waals surface area (Å²) in [4.78, 5) is 1.73. The van der Waals surface area contributed by atoms with E-state index in [1.165, 1.54) is 17.3 Å². The minimum atomic E-state index is -1.35. The van der Waals surface area contributed by atoms with Gasteiger partial charge in [-0.2, -0.15) is 0 Å². The molecule has 0 amide bonds. The summed E-state index contributed by atoms with van der Waals surface area (Å²) in [7, 11) is -1.35. The van der Waals surface area contributed by atoms with Gasteiger partial charge in [-0.15, -0.1) is 11.8 Å². The van der Waals surface area contributed by atoms with Crippen LogP contribution < -0.4 is 0 Å². The smallest absolute Gasteiger partial charge is 0.119 e. The maximum atomic E-state index is 13.3. The number of aliphatic hydroxyl groups excluding tert-OH is 1. The summed E-state index contributed by atoms with van der Waals surface area (Å²) in [6.45, 7) is 4.04. The third-order valence-electron chi connectivity index (χ3n) is 4.14. The van der Waals surface area contributed by atoms with Gasteiger partial charge in [-0.3, -0.25) is 4.21 Å². The number of hydrogen-bond donors (Lipinski definition) is 1. The highest BCUT2D eigenvalue weighted by Gasteiger charge is 2.29. The summed E-state index contributed by atoms with van der Waals surface area (Å²) >= 11 is 1.46. The van der Waals surface area contributed by atoms with Crippen molar-refractivity contribution in [3.05, 3.63) is 95.6 Å². The van der Waals surface area contributed by atoms with Crippen LogP contribution in [0.2, 0.25) is 0 Å². The maximum Gasteiger partial charge on any atom is 0.119 e. The first-order chi connectivity index (χ1) is 12.5. The molecule has 0 bridgehead atoms.